The number of unbranched alkanes of at least 4 members (excludes halogenated alkanes) is 1. The standard InChI is InChI=1S/C12H15/c1-2-3-4-6-9-12-10-7-5-8-11-12/h2-3,5,7-8,10H,4,6,9H2,1H3. The summed E-state index contributed by atoms with van der Waals surface area (Å²) in [5.41, 5.74) is 1.32. The molecule has 12 heavy (non-hydrogen) atoms. The molecule has 0 bridgehead atoms. The molecule has 0 atom stereocenters. The minimum atomic E-state index is 1.14. The first-order valence-corrected chi connectivity index (χ1v) is 4.50. The maximum absolute atomic E-state index is 3.22. The molecule has 0 fully saturated rings. The van der Waals surface area contributed by atoms with Crippen molar-refractivity contribution >= 4 is 0 Å². The fourth-order valence-electron chi connectivity index (χ4n) is 1.16. The van der Waals surface area contributed by atoms with Crippen LogP contribution in [0.3, 0.4) is 0 Å². The predicted octanol–water partition coefficient (Wildman–Crippen LogP) is 3.39. The number of benzene rings is 1. The van der Waals surface area contributed by atoms with E-state index in [0.29, 0.717) is 0 Å². The second kappa shape index (κ2) is 5.59. The fourth-order valence-corrected chi connectivity index (χ4v) is 1.16. The summed E-state index contributed by atoms with van der Waals surface area (Å²) < 4.78 is 0. The van der Waals surface area contributed by atoms with E-state index in [-0.39, 0.29) is 0 Å². The third-order valence-electron chi connectivity index (χ3n) is 1.83. The molecule has 1 rings (SSSR count). The SMILES string of the molecule is CC=CCCCc1[c]cccc1. The third kappa shape index (κ3) is 3.38. The fraction of sp³-hybridized carbons (Fsp3) is 0.333. The lowest BCUT2D eigenvalue weighted by Gasteiger charge is -1.96. The maximum Gasteiger partial charge on any atom is -0.0149 e. The van der Waals surface area contributed by atoms with Crippen LogP contribution in [0.25, 0.3) is 0 Å². The summed E-state index contributed by atoms with van der Waals surface area (Å²) in [6.07, 6.45) is 7.87. The van der Waals surface area contributed by atoms with Gasteiger partial charge >= 0.3 is 0 Å². The Kier molecular flexibility index (Phi) is 4.22. The van der Waals surface area contributed by atoms with Crippen molar-refractivity contribution in [3.05, 3.63) is 48.0 Å². The molecule has 0 spiro atoms. The van der Waals surface area contributed by atoms with Crippen molar-refractivity contribution in [2.45, 2.75) is 26.2 Å². The zero-order valence-corrected chi connectivity index (χ0v) is 7.59. The molecule has 0 N–H and O–H groups in total. The van der Waals surface area contributed by atoms with Gasteiger partial charge in [-0.15, -0.1) is 0 Å². The Balaban J connectivity index is 2.24. The van der Waals surface area contributed by atoms with Gasteiger partial charge in [0, 0.05) is 0 Å². The van der Waals surface area contributed by atoms with Gasteiger partial charge in [0.15, 0.2) is 0 Å². The molecule has 0 heteroatoms. The maximum atomic E-state index is 3.22. The predicted molar refractivity (Wildman–Crippen MR) is 53.0 cm³/mol. The average molecular weight is 159 g/mol. The van der Waals surface area contributed by atoms with Crippen LogP contribution in [-0.4, -0.2) is 0 Å². The normalized spacial score (nSPS) is 10.8. The first-order valence-electron chi connectivity index (χ1n) is 4.50. The van der Waals surface area contributed by atoms with Crippen LogP contribution in [0.4, 0.5) is 0 Å². The number of allylic oxidation sites excluding steroid dienone is 2. The summed E-state index contributed by atoms with van der Waals surface area (Å²) in [5.74, 6) is 0. The molecule has 0 amide bonds. The molecule has 63 valence electrons. The zero-order valence-electron chi connectivity index (χ0n) is 7.59. The Morgan fingerprint density at radius 1 is 1.42 bits per heavy atom. The van der Waals surface area contributed by atoms with Crippen LogP contribution >= 0.6 is 0 Å². The first-order chi connectivity index (χ1) is 5.93. The van der Waals surface area contributed by atoms with Crippen LogP contribution in [0.1, 0.15) is 25.3 Å². The van der Waals surface area contributed by atoms with Crippen molar-refractivity contribution in [3.63, 3.8) is 0 Å². The lowest BCUT2D eigenvalue weighted by atomic mass is 10.1. The quantitative estimate of drug-likeness (QED) is 0.466. The molecule has 1 aromatic carbocycles. The zero-order chi connectivity index (χ0) is 8.65. The highest BCUT2D eigenvalue weighted by Gasteiger charge is 1.89. The number of hydrogen-bond acceptors (Lipinski definition) is 0. The average Bonchev–Trinajstić information content (AvgIpc) is 2.14. The van der Waals surface area contributed by atoms with Gasteiger partial charge in [0.1, 0.15) is 0 Å². The molecule has 0 aliphatic heterocycles. The van der Waals surface area contributed by atoms with Gasteiger partial charge in [-0.1, -0.05) is 36.4 Å². The second-order valence-corrected chi connectivity index (χ2v) is 2.85. The molecule has 0 heterocycles. The summed E-state index contributed by atoms with van der Waals surface area (Å²) in [6.45, 7) is 2.06. The van der Waals surface area contributed by atoms with E-state index in [9.17, 15) is 0 Å². The first kappa shape index (κ1) is 9.05. The smallest absolute Gasteiger partial charge is 0.0149 e. The molecule has 1 radical (unpaired) electrons. The van der Waals surface area contributed by atoms with Crippen LogP contribution in [0, 0.1) is 6.07 Å². The van der Waals surface area contributed by atoms with E-state index in [4.69, 9.17) is 0 Å². The number of rotatable bonds is 4. The van der Waals surface area contributed by atoms with Gasteiger partial charge in [0.25, 0.3) is 0 Å². The lowest BCUT2D eigenvalue weighted by molar-refractivity contribution is 0.841. The summed E-state index contributed by atoms with van der Waals surface area (Å²) in [6, 6.07) is 11.4. The molecule has 0 nitrogen and oxygen atoms in total. The highest BCUT2D eigenvalue weighted by atomic mass is 13.9. The van der Waals surface area contributed by atoms with E-state index in [2.05, 4.69) is 37.3 Å². The van der Waals surface area contributed by atoms with E-state index < -0.39 is 0 Å². The van der Waals surface area contributed by atoms with Gasteiger partial charge in [-0.2, -0.15) is 0 Å². The summed E-state index contributed by atoms with van der Waals surface area (Å²) >= 11 is 0. The van der Waals surface area contributed by atoms with Gasteiger partial charge < -0.3 is 0 Å². The van der Waals surface area contributed by atoms with Crippen molar-refractivity contribution in [1.82, 2.24) is 0 Å². The molecule has 0 saturated carbocycles. The van der Waals surface area contributed by atoms with Crippen LogP contribution < -0.4 is 0 Å². The topological polar surface area (TPSA) is 0 Å². The molecule has 0 unspecified atom stereocenters. The van der Waals surface area contributed by atoms with Crippen LogP contribution in [0.15, 0.2) is 36.4 Å². The summed E-state index contributed by atoms with van der Waals surface area (Å²) in [4.78, 5) is 0. The lowest BCUT2D eigenvalue weighted by Crippen LogP contribution is -1.83. The Hall–Kier alpha value is -1.04. The van der Waals surface area contributed by atoms with Crippen molar-refractivity contribution in [2.75, 3.05) is 0 Å². The third-order valence-corrected chi connectivity index (χ3v) is 1.83. The van der Waals surface area contributed by atoms with Crippen molar-refractivity contribution in [1.29, 1.82) is 0 Å². The Morgan fingerprint density at radius 2 is 2.33 bits per heavy atom. The van der Waals surface area contributed by atoms with Crippen LogP contribution in [0.2, 0.25) is 0 Å². The summed E-state index contributed by atoms with van der Waals surface area (Å²) in [5, 5.41) is 0. The van der Waals surface area contributed by atoms with E-state index in [0.717, 1.165) is 6.42 Å². The van der Waals surface area contributed by atoms with E-state index in [1.807, 2.05) is 12.1 Å². The Bertz CT molecular complexity index is 221. The van der Waals surface area contributed by atoms with Crippen LogP contribution in [-0.2, 0) is 6.42 Å². The molecule has 0 aliphatic rings. The van der Waals surface area contributed by atoms with Gasteiger partial charge in [0.2, 0.25) is 0 Å². The van der Waals surface area contributed by atoms with E-state index in [1.165, 1.54) is 18.4 Å². The molecule has 0 saturated heterocycles. The molecule has 0 aliphatic carbocycles. The van der Waals surface area contributed by atoms with Crippen molar-refractivity contribution in [3.8, 4) is 0 Å². The molecular weight excluding hydrogens is 144 g/mol. The Labute approximate surface area is 74.9 Å². The van der Waals surface area contributed by atoms with Gasteiger partial charge in [-0.05, 0) is 37.8 Å². The van der Waals surface area contributed by atoms with E-state index >= 15 is 0 Å². The van der Waals surface area contributed by atoms with Crippen molar-refractivity contribution in [2.24, 2.45) is 0 Å². The second-order valence-electron chi connectivity index (χ2n) is 2.85. The largest absolute Gasteiger partial charge is 0.0917 e. The minimum absolute atomic E-state index is 1.14. The Morgan fingerprint density at radius 3 is 3.00 bits per heavy atom. The van der Waals surface area contributed by atoms with Crippen LogP contribution in [0.5, 0.6) is 0 Å². The van der Waals surface area contributed by atoms with Gasteiger partial charge in [-0.25, -0.2) is 0 Å². The van der Waals surface area contributed by atoms with Gasteiger partial charge in [0.05, 0.1) is 0 Å². The highest BCUT2D eigenvalue weighted by molar-refractivity contribution is 5.12. The number of aryl methyl sites for hydroxylation is 1. The highest BCUT2D eigenvalue weighted by Crippen LogP contribution is 2.03. The monoisotopic (exact) mass is 159 g/mol. The molecule has 0 aromatic heterocycles. The van der Waals surface area contributed by atoms with Crippen molar-refractivity contribution < 1.29 is 0 Å². The summed E-state index contributed by atoms with van der Waals surface area (Å²) in [7, 11) is 0. The molecule has 1 aromatic rings. The van der Waals surface area contributed by atoms with E-state index in [1.54, 1.807) is 0 Å². The molecular formula is C12H15. The minimum Gasteiger partial charge on any atom is -0.0917 e. The van der Waals surface area contributed by atoms with Gasteiger partial charge in [-0.3, -0.25) is 0 Å². The number of hydrogen-bond donors (Lipinski definition) is 0.